The Morgan fingerprint density at radius 3 is 3.05 bits per heavy atom. The van der Waals surface area contributed by atoms with E-state index >= 15 is 0 Å². The molecule has 1 fully saturated rings. The summed E-state index contributed by atoms with van der Waals surface area (Å²) in [5.74, 6) is 0.182. The van der Waals surface area contributed by atoms with Gasteiger partial charge in [-0.1, -0.05) is 12.8 Å². The first-order valence-corrected chi connectivity index (χ1v) is 7.51. The lowest BCUT2D eigenvalue weighted by Gasteiger charge is -2.31. The topological polar surface area (TPSA) is 57.8 Å². The molecule has 0 saturated heterocycles. The predicted molar refractivity (Wildman–Crippen MR) is 80.1 cm³/mol. The van der Waals surface area contributed by atoms with Crippen LogP contribution < -0.4 is 0 Å². The Bertz CT molecular complexity index is 637. The fourth-order valence-corrected chi connectivity index (χ4v) is 3.10. The van der Waals surface area contributed by atoms with Crippen molar-refractivity contribution in [2.24, 2.45) is 5.92 Å². The second kappa shape index (κ2) is 5.85. The molecule has 0 spiro atoms. The number of hydrogen-bond donors (Lipinski definition) is 1. The summed E-state index contributed by atoms with van der Waals surface area (Å²) >= 11 is 0. The molecule has 5 nitrogen and oxygen atoms in total. The minimum Gasteiger partial charge on any atom is -0.393 e. The van der Waals surface area contributed by atoms with Crippen molar-refractivity contribution < 1.29 is 9.90 Å². The van der Waals surface area contributed by atoms with Crippen molar-refractivity contribution in [3.8, 4) is 0 Å². The second-order valence-electron chi connectivity index (χ2n) is 5.91. The monoisotopic (exact) mass is 287 g/mol. The number of imidazole rings is 1. The Labute approximate surface area is 124 Å². The number of aromatic nitrogens is 2. The van der Waals surface area contributed by atoms with Crippen LogP contribution in [0.15, 0.2) is 30.7 Å². The maximum absolute atomic E-state index is 12.5. The molecular weight excluding hydrogens is 266 g/mol. The van der Waals surface area contributed by atoms with E-state index in [1.165, 1.54) is 0 Å². The minimum atomic E-state index is -0.274. The van der Waals surface area contributed by atoms with Gasteiger partial charge in [0, 0.05) is 43.7 Å². The number of carbonyl (C=O) groups excluding carboxylic acids is 1. The lowest BCUT2D eigenvalue weighted by molar-refractivity contribution is 0.0451. The molecular formula is C16H21N3O2. The Hall–Kier alpha value is -1.88. The molecule has 112 valence electrons. The zero-order valence-corrected chi connectivity index (χ0v) is 12.3. The van der Waals surface area contributed by atoms with E-state index in [0.29, 0.717) is 12.1 Å². The summed E-state index contributed by atoms with van der Waals surface area (Å²) in [6.07, 6.45) is 9.22. The standard InChI is InChI=1S/C16H21N3O2/c1-18(11-13-4-2-3-5-14(13)20)16(21)12-6-8-19-9-7-17-15(19)10-12/h6-10,13-14,20H,2-5,11H2,1H3. The number of pyridine rings is 1. The van der Waals surface area contributed by atoms with Crippen molar-refractivity contribution in [1.29, 1.82) is 0 Å². The quantitative estimate of drug-likeness (QED) is 0.939. The highest BCUT2D eigenvalue weighted by Gasteiger charge is 2.26. The van der Waals surface area contributed by atoms with Gasteiger partial charge in [-0.2, -0.15) is 0 Å². The zero-order chi connectivity index (χ0) is 14.8. The number of rotatable bonds is 3. The predicted octanol–water partition coefficient (Wildman–Crippen LogP) is 1.96. The van der Waals surface area contributed by atoms with E-state index in [0.717, 1.165) is 31.3 Å². The lowest BCUT2D eigenvalue weighted by atomic mass is 9.86. The number of nitrogens with zero attached hydrogens (tertiary/aromatic N) is 3. The van der Waals surface area contributed by atoms with E-state index in [9.17, 15) is 9.90 Å². The minimum absolute atomic E-state index is 0.0155. The highest BCUT2D eigenvalue weighted by atomic mass is 16.3. The highest BCUT2D eigenvalue weighted by molar-refractivity contribution is 5.94. The van der Waals surface area contributed by atoms with Crippen molar-refractivity contribution >= 4 is 11.6 Å². The molecule has 2 aromatic rings. The Kier molecular flexibility index (Phi) is 3.92. The van der Waals surface area contributed by atoms with Crippen LogP contribution in [0.1, 0.15) is 36.0 Å². The molecule has 2 heterocycles. The van der Waals surface area contributed by atoms with Crippen molar-refractivity contribution in [2.45, 2.75) is 31.8 Å². The third kappa shape index (κ3) is 2.93. The largest absolute Gasteiger partial charge is 0.393 e. The molecule has 1 aliphatic carbocycles. The molecule has 2 unspecified atom stereocenters. The molecule has 0 radical (unpaired) electrons. The smallest absolute Gasteiger partial charge is 0.253 e. The molecule has 1 N–H and O–H groups in total. The first-order chi connectivity index (χ1) is 10.1. The van der Waals surface area contributed by atoms with E-state index in [4.69, 9.17) is 0 Å². The molecule has 5 heteroatoms. The van der Waals surface area contributed by atoms with Gasteiger partial charge < -0.3 is 14.4 Å². The summed E-state index contributed by atoms with van der Waals surface area (Å²) in [5, 5.41) is 10.0. The van der Waals surface area contributed by atoms with Crippen molar-refractivity contribution in [3.05, 3.63) is 36.3 Å². The van der Waals surface area contributed by atoms with Gasteiger partial charge in [0.15, 0.2) is 0 Å². The van der Waals surface area contributed by atoms with E-state index < -0.39 is 0 Å². The van der Waals surface area contributed by atoms with Gasteiger partial charge in [0.25, 0.3) is 5.91 Å². The van der Waals surface area contributed by atoms with Gasteiger partial charge >= 0.3 is 0 Å². The van der Waals surface area contributed by atoms with Gasteiger partial charge in [-0.25, -0.2) is 4.98 Å². The SMILES string of the molecule is CN(CC1CCCCC1O)C(=O)c1ccn2ccnc2c1. The van der Waals surface area contributed by atoms with E-state index in [1.54, 1.807) is 24.2 Å². The van der Waals surface area contributed by atoms with Gasteiger partial charge in [-0.05, 0) is 25.0 Å². The normalized spacial score (nSPS) is 22.4. The van der Waals surface area contributed by atoms with Crippen LogP contribution in [0.25, 0.3) is 5.65 Å². The Morgan fingerprint density at radius 1 is 1.43 bits per heavy atom. The number of fused-ring (bicyclic) bond motifs is 1. The number of hydrogen-bond acceptors (Lipinski definition) is 3. The van der Waals surface area contributed by atoms with Crippen LogP contribution in [0, 0.1) is 5.92 Å². The highest BCUT2D eigenvalue weighted by Crippen LogP contribution is 2.25. The van der Waals surface area contributed by atoms with Crippen LogP contribution in [-0.2, 0) is 0 Å². The molecule has 0 aromatic carbocycles. The lowest BCUT2D eigenvalue weighted by Crippen LogP contribution is -2.38. The molecule has 2 atom stereocenters. The molecule has 1 amide bonds. The van der Waals surface area contributed by atoms with Crippen molar-refractivity contribution in [1.82, 2.24) is 14.3 Å². The summed E-state index contributed by atoms with van der Waals surface area (Å²) in [4.78, 5) is 18.4. The molecule has 1 aliphatic rings. The molecule has 1 saturated carbocycles. The Balaban J connectivity index is 1.71. The fraction of sp³-hybridized carbons (Fsp3) is 0.500. The summed E-state index contributed by atoms with van der Waals surface area (Å²) in [5.41, 5.74) is 1.41. The molecule has 0 aliphatic heterocycles. The van der Waals surface area contributed by atoms with Crippen LogP contribution in [0.5, 0.6) is 0 Å². The maximum Gasteiger partial charge on any atom is 0.253 e. The van der Waals surface area contributed by atoms with Gasteiger partial charge in [-0.15, -0.1) is 0 Å². The molecule has 21 heavy (non-hydrogen) atoms. The Morgan fingerprint density at radius 2 is 2.24 bits per heavy atom. The molecule has 0 bridgehead atoms. The first kappa shape index (κ1) is 14.1. The number of carbonyl (C=O) groups is 1. The average molecular weight is 287 g/mol. The third-order valence-corrected chi connectivity index (χ3v) is 4.37. The van der Waals surface area contributed by atoms with E-state index in [2.05, 4.69) is 4.98 Å². The van der Waals surface area contributed by atoms with Gasteiger partial charge in [0.05, 0.1) is 6.10 Å². The van der Waals surface area contributed by atoms with Crippen LogP contribution >= 0.6 is 0 Å². The fourth-order valence-electron chi connectivity index (χ4n) is 3.10. The number of amides is 1. The maximum atomic E-state index is 12.5. The second-order valence-corrected chi connectivity index (χ2v) is 5.91. The summed E-state index contributed by atoms with van der Waals surface area (Å²) in [6.45, 7) is 0.611. The summed E-state index contributed by atoms with van der Waals surface area (Å²) in [7, 11) is 1.80. The number of aliphatic hydroxyl groups excluding tert-OH is 1. The van der Waals surface area contributed by atoms with Crippen LogP contribution in [0.4, 0.5) is 0 Å². The average Bonchev–Trinajstić information content (AvgIpc) is 2.96. The van der Waals surface area contributed by atoms with Crippen LogP contribution in [-0.4, -0.2) is 45.0 Å². The molecule has 3 rings (SSSR count). The van der Waals surface area contributed by atoms with Crippen molar-refractivity contribution in [3.63, 3.8) is 0 Å². The molecule has 2 aromatic heterocycles. The summed E-state index contributed by atoms with van der Waals surface area (Å²) in [6, 6.07) is 3.61. The van der Waals surface area contributed by atoms with E-state index in [1.807, 2.05) is 22.9 Å². The zero-order valence-electron chi connectivity index (χ0n) is 12.3. The van der Waals surface area contributed by atoms with Gasteiger partial charge in [0.1, 0.15) is 5.65 Å². The van der Waals surface area contributed by atoms with Crippen molar-refractivity contribution in [2.75, 3.05) is 13.6 Å². The third-order valence-electron chi connectivity index (χ3n) is 4.37. The van der Waals surface area contributed by atoms with E-state index in [-0.39, 0.29) is 17.9 Å². The van der Waals surface area contributed by atoms with Gasteiger partial charge in [0.2, 0.25) is 0 Å². The first-order valence-electron chi connectivity index (χ1n) is 7.51. The number of aliphatic hydroxyl groups is 1. The van der Waals surface area contributed by atoms with Crippen LogP contribution in [0.3, 0.4) is 0 Å². The van der Waals surface area contributed by atoms with Gasteiger partial charge in [-0.3, -0.25) is 4.79 Å². The summed E-state index contributed by atoms with van der Waals surface area (Å²) < 4.78 is 1.88. The van der Waals surface area contributed by atoms with Crippen LogP contribution in [0.2, 0.25) is 0 Å².